The largest absolute Gasteiger partial charge is 0.506 e. The van der Waals surface area contributed by atoms with Gasteiger partial charge in [-0.05, 0) is 48.2 Å². The molecule has 0 radical (unpaired) electrons. The zero-order chi connectivity index (χ0) is 28.5. The van der Waals surface area contributed by atoms with E-state index in [-0.39, 0.29) is 25.2 Å². The maximum Gasteiger partial charge on any atom is 0.506 e. The van der Waals surface area contributed by atoms with Gasteiger partial charge in [0.2, 0.25) is 12.7 Å². The fraction of sp³-hybridized carbons (Fsp3) is 0.548. The van der Waals surface area contributed by atoms with E-state index < -0.39 is 18.3 Å². The number of hydrogen-bond donors (Lipinski definition) is 1. The van der Waals surface area contributed by atoms with Crippen LogP contribution in [0.25, 0.3) is 0 Å². The number of amides is 1. The summed E-state index contributed by atoms with van der Waals surface area (Å²) < 4.78 is 22.0. The summed E-state index contributed by atoms with van der Waals surface area (Å²) >= 11 is 0. The minimum absolute atomic E-state index is 0.0612. The molecule has 9 nitrogen and oxygen atoms in total. The smallest absolute Gasteiger partial charge is 0.497 e. The summed E-state index contributed by atoms with van der Waals surface area (Å²) in [4.78, 5) is 29.8. The number of rotatable bonds is 14. The second-order valence-electron chi connectivity index (χ2n) is 10.5. The lowest BCUT2D eigenvalue weighted by Crippen LogP contribution is -2.42. The molecule has 218 valence electrons. The second-order valence-corrected chi connectivity index (χ2v) is 10.5. The topological polar surface area (TPSA) is 97.8 Å². The van der Waals surface area contributed by atoms with E-state index in [1.807, 2.05) is 47.4 Å². The third-order valence-corrected chi connectivity index (χ3v) is 7.81. The van der Waals surface area contributed by atoms with Crippen molar-refractivity contribution in [2.24, 2.45) is 0 Å². The average Bonchev–Trinajstić information content (AvgIpc) is 3.56. The summed E-state index contributed by atoms with van der Waals surface area (Å²) in [5.74, 6) is 1.74. The van der Waals surface area contributed by atoms with Gasteiger partial charge >= 0.3 is 6.16 Å². The molecule has 9 heteroatoms. The van der Waals surface area contributed by atoms with Crippen LogP contribution in [-0.4, -0.2) is 73.2 Å². The summed E-state index contributed by atoms with van der Waals surface area (Å²) in [6.07, 6.45) is 4.22. The van der Waals surface area contributed by atoms with E-state index in [4.69, 9.17) is 18.9 Å². The highest BCUT2D eigenvalue weighted by Gasteiger charge is 2.47. The highest BCUT2D eigenvalue weighted by Crippen LogP contribution is 2.45. The molecule has 3 atom stereocenters. The lowest BCUT2D eigenvalue weighted by molar-refractivity contribution is -0.133. The van der Waals surface area contributed by atoms with Crippen molar-refractivity contribution in [2.75, 3.05) is 40.1 Å². The summed E-state index contributed by atoms with van der Waals surface area (Å²) in [5, 5.41) is 9.76. The van der Waals surface area contributed by atoms with Crippen LogP contribution in [0.4, 0.5) is 4.79 Å². The van der Waals surface area contributed by atoms with E-state index in [1.165, 1.54) is 0 Å². The standard InChI is InChI=1S/C31H42N2O7/c1-4-6-8-16-32(17-9-7-5-2)28(34)20-33-19-25(23-12-15-26-27(18-23)39-21-38-26)30(40-31(35)36)29(33)22-10-13-24(37-3)14-11-22/h10-15,18,25,29-30H,4-9,16-17,19-21H2,1-3H3,(H,35,36)/t25-,29-,30+/m1/s1. The Morgan fingerprint density at radius 1 is 0.950 bits per heavy atom. The number of hydrogen-bond acceptors (Lipinski definition) is 7. The van der Waals surface area contributed by atoms with Crippen molar-refractivity contribution in [2.45, 2.75) is 70.4 Å². The van der Waals surface area contributed by atoms with Crippen LogP contribution in [0.15, 0.2) is 42.5 Å². The van der Waals surface area contributed by atoms with Crippen LogP contribution >= 0.6 is 0 Å². The van der Waals surface area contributed by atoms with E-state index in [1.54, 1.807) is 7.11 Å². The number of benzene rings is 2. The van der Waals surface area contributed by atoms with Gasteiger partial charge in [-0.1, -0.05) is 57.7 Å². The van der Waals surface area contributed by atoms with E-state index in [0.717, 1.165) is 62.7 Å². The van der Waals surface area contributed by atoms with Gasteiger partial charge in [0.15, 0.2) is 11.5 Å². The van der Waals surface area contributed by atoms with Crippen molar-refractivity contribution in [3.05, 3.63) is 53.6 Å². The molecule has 2 aliphatic heterocycles. The first kappa shape index (κ1) is 29.5. The molecular formula is C31H42N2O7. The molecule has 1 saturated heterocycles. The Hall–Kier alpha value is -3.46. The van der Waals surface area contributed by atoms with E-state index in [9.17, 15) is 14.7 Å². The second kappa shape index (κ2) is 14.3. The molecule has 0 aromatic heterocycles. The van der Waals surface area contributed by atoms with Crippen molar-refractivity contribution in [3.63, 3.8) is 0 Å². The maximum atomic E-state index is 13.8. The van der Waals surface area contributed by atoms with Crippen LogP contribution in [0.3, 0.4) is 0 Å². The van der Waals surface area contributed by atoms with Crippen LogP contribution in [-0.2, 0) is 9.53 Å². The third kappa shape index (κ3) is 7.18. The highest BCUT2D eigenvalue weighted by atomic mass is 16.7. The van der Waals surface area contributed by atoms with Crippen molar-refractivity contribution < 1.29 is 33.6 Å². The maximum absolute atomic E-state index is 13.8. The normalized spacial score (nSPS) is 19.9. The van der Waals surface area contributed by atoms with Gasteiger partial charge in [-0.25, -0.2) is 4.79 Å². The first-order valence-electron chi connectivity index (χ1n) is 14.4. The van der Waals surface area contributed by atoms with Crippen LogP contribution in [0, 0.1) is 0 Å². The molecule has 2 aliphatic rings. The Labute approximate surface area is 237 Å². The Kier molecular flexibility index (Phi) is 10.5. The number of carbonyl (C=O) groups excluding carboxylic acids is 1. The number of carboxylic acid groups (broad SMARTS) is 1. The first-order valence-corrected chi connectivity index (χ1v) is 14.4. The van der Waals surface area contributed by atoms with Gasteiger partial charge in [-0.3, -0.25) is 9.69 Å². The molecule has 0 unspecified atom stereocenters. The number of fused-ring (bicyclic) bond motifs is 1. The lowest BCUT2D eigenvalue weighted by atomic mass is 9.90. The van der Waals surface area contributed by atoms with Gasteiger partial charge in [0.05, 0.1) is 19.7 Å². The zero-order valence-electron chi connectivity index (χ0n) is 23.8. The van der Waals surface area contributed by atoms with Crippen molar-refractivity contribution in [1.82, 2.24) is 9.80 Å². The molecule has 0 spiro atoms. The quantitative estimate of drug-likeness (QED) is 0.230. The SMILES string of the molecule is CCCCCN(CCCCC)C(=O)CN1C[C@H](c2ccc3c(c2)OCO3)[C@H](OC(=O)O)[C@H]1c1ccc(OC)cc1. The number of nitrogens with zero attached hydrogens (tertiary/aromatic N) is 2. The van der Waals surface area contributed by atoms with Crippen LogP contribution in [0.1, 0.15) is 75.5 Å². The summed E-state index contributed by atoms with van der Waals surface area (Å²) in [7, 11) is 1.60. The van der Waals surface area contributed by atoms with E-state index in [0.29, 0.717) is 23.8 Å². The molecular weight excluding hydrogens is 512 g/mol. The molecule has 2 aromatic carbocycles. The van der Waals surface area contributed by atoms with Crippen molar-refractivity contribution in [3.8, 4) is 17.2 Å². The van der Waals surface area contributed by atoms with Crippen LogP contribution in [0.5, 0.6) is 17.2 Å². The van der Waals surface area contributed by atoms with E-state index in [2.05, 4.69) is 18.7 Å². The summed E-state index contributed by atoms with van der Waals surface area (Å²) in [6.45, 7) is 6.57. The van der Waals surface area contributed by atoms with Gasteiger partial charge in [-0.2, -0.15) is 0 Å². The Morgan fingerprint density at radius 3 is 2.23 bits per heavy atom. The minimum Gasteiger partial charge on any atom is -0.497 e. The van der Waals surface area contributed by atoms with E-state index >= 15 is 0 Å². The number of likely N-dealkylation sites (tertiary alicyclic amines) is 1. The number of ether oxygens (including phenoxy) is 4. The summed E-state index contributed by atoms with van der Waals surface area (Å²) in [6, 6.07) is 12.7. The van der Waals surface area contributed by atoms with Gasteiger partial charge in [0.1, 0.15) is 11.9 Å². The Morgan fingerprint density at radius 2 is 1.60 bits per heavy atom. The predicted molar refractivity (Wildman–Crippen MR) is 151 cm³/mol. The Balaban J connectivity index is 1.65. The molecule has 0 bridgehead atoms. The van der Waals surface area contributed by atoms with Crippen molar-refractivity contribution in [1.29, 1.82) is 0 Å². The highest BCUT2D eigenvalue weighted by molar-refractivity contribution is 5.78. The average molecular weight is 555 g/mol. The minimum atomic E-state index is -1.34. The molecule has 2 heterocycles. The van der Waals surface area contributed by atoms with Gasteiger partial charge in [0, 0.05) is 25.6 Å². The molecule has 0 saturated carbocycles. The molecule has 40 heavy (non-hydrogen) atoms. The third-order valence-electron chi connectivity index (χ3n) is 7.81. The summed E-state index contributed by atoms with van der Waals surface area (Å²) in [5.41, 5.74) is 1.75. The number of methoxy groups -OCH3 is 1. The molecule has 1 amide bonds. The van der Waals surface area contributed by atoms with Crippen molar-refractivity contribution >= 4 is 12.1 Å². The lowest BCUT2D eigenvalue weighted by Gasteiger charge is -2.30. The van der Waals surface area contributed by atoms with Gasteiger partial charge < -0.3 is 29.0 Å². The fourth-order valence-electron chi connectivity index (χ4n) is 5.70. The molecule has 4 rings (SSSR count). The zero-order valence-corrected chi connectivity index (χ0v) is 23.8. The number of unbranched alkanes of at least 4 members (excludes halogenated alkanes) is 4. The molecule has 1 N–H and O–H groups in total. The number of carbonyl (C=O) groups is 2. The van der Waals surface area contributed by atoms with Crippen LogP contribution < -0.4 is 14.2 Å². The van der Waals surface area contributed by atoms with Gasteiger partial charge in [-0.15, -0.1) is 0 Å². The van der Waals surface area contributed by atoms with Gasteiger partial charge in [0.25, 0.3) is 0 Å². The first-order chi connectivity index (χ1) is 19.4. The predicted octanol–water partition coefficient (Wildman–Crippen LogP) is 5.84. The molecule has 2 aromatic rings. The molecule has 0 aliphatic carbocycles. The Bertz CT molecular complexity index is 1110. The van der Waals surface area contributed by atoms with Crippen LogP contribution in [0.2, 0.25) is 0 Å². The molecule has 1 fully saturated rings. The monoisotopic (exact) mass is 554 g/mol. The fourth-order valence-corrected chi connectivity index (χ4v) is 5.70.